The van der Waals surface area contributed by atoms with Crippen LogP contribution in [-0.4, -0.2) is 22.4 Å². The molecule has 0 saturated carbocycles. The second-order valence-electron chi connectivity index (χ2n) is 2.18. The van der Waals surface area contributed by atoms with Gasteiger partial charge < -0.3 is 10.3 Å². The molecule has 1 aromatic rings. The Morgan fingerprint density at radius 3 is 3.08 bits per heavy atom. The third-order valence-electron chi connectivity index (χ3n) is 1.26. The summed E-state index contributed by atoms with van der Waals surface area (Å²) in [6.07, 6.45) is 7.20. The molecule has 0 aliphatic heterocycles. The number of terminal acetylenes is 1. The first-order chi connectivity index (χ1) is 6.24. The fourth-order valence-corrected chi connectivity index (χ4v) is 0.688. The third-order valence-corrected chi connectivity index (χ3v) is 1.26. The lowest BCUT2D eigenvalue weighted by Crippen LogP contribution is -2.25. The number of aromatic amines is 1. The van der Waals surface area contributed by atoms with E-state index in [4.69, 9.17) is 6.42 Å². The number of nitrogens with one attached hydrogen (secondary N) is 2. The first-order valence-corrected chi connectivity index (χ1v) is 3.50. The van der Waals surface area contributed by atoms with Gasteiger partial charge in [-0.15, -0.1) is 6.42 Å². The van der Waals surface area contributed by atoms with E-state index in [9.17, 15) is 9.59 Å². The van der Waals surface area contributed by atoms with Crippen molar-refractivity contribution in [3.05, 3.63) is 28.4 Å². The molecule has 0 radical (unpaired) electrons. The maximum atomic E-state index is 11.1. The van der Waals surface area contributed by atoms with Gasteiger partial charge in [0.25, 0.3) is 11.5 Å². The lowest BCUT2D eigenvalue weighted by Gasteiger charge is -1.98. The highest BCUT2D eigenvalue weighted by Crippen LogP contribution is 1.85. The molecule has 0 aliphatic rings. The van der Waals surface area contributed by atoms with Crippen molar-refractivity contribution in [3.8, 4) is 12.3 Å². The second kappa shape index (κ2) is 4.07. The van der Waals surface area contributed by atoms with Gasteiger partial charge in [0, 0.05) is 6.20 Å². The van der Waals surface area contributed by atoms with Crippen molar-refractivity contribution in [2.24, 2.45) is 0 Å². The Morgan fingerprint density at radius 2 is 2.54 bits per heavy atom. The van der Waals surface area contributed by atoms with Gasteiger partial charge in [0.1, 0.15) is 5.69 Å². The van der Waals surface area contributed by atoms with Crippen LogP contribution in [0.4, 0.5) is 0 Å². The summed E-state index contributed by atoms with van der Waals surface area (Å²) in [6, 6.07) is 0. The number of amides is 1. The molecule has 0 spiro atoms. The smallest absolute Gasteiger partial charge is 0.272 e. The van der Waals surface area contributed by atoms with Crippen molar-refractivity contribution in [2.75, 3.05) is 6.54 Å². The van der Waals surface area contributed by atoms with Crippen LogP contribution in [0.1, 0.15) is 10.5 Å². The Morgan fingerprint density at radius 1 is 1.77 bits per heavy atom. The SMILES string of the molecule is C#CCNC(=O)c1c[nH]c(=O)cn1. The second-order valence-corrected chi connectivity index (χ2v) is 2.18. The van der Waals surface area contributed by atoms with E-state index in [1.165, 1.54) is 6.20 Å². The molecule has 1 amide bonds. The lowest BCUT2D eigenvalue weighted by molar-refractivity contribution is 0.0953. The average molecular weight is 177 g/mol. The zero-order chi connectivity index (χ0) is 9.68. The minimum Gasteiger partial charge on any atom is -0.340 e. The Labute approximate surface area is 74.2 Å². The fourth-order valence-electron chi connectivity index (χ4n) is 0.688. The van der Waals surface area contributed by atoms with Gasteiger partial charge in [-0.05, 0) is 0 Å². The standard InChI is InChI=1S/C8H7N3O2/c1-2-3-9-8(13)6-4-11-7(12)5-10-6/h1,4-5H,3H2,(H,9,13)(H,11,12). The lowest BCUT2D eigenvalue weighted by atomic mass is 10.4. The van der Waals surface area contributed by atoms with Crippen LogP contribution in [0.5, 0.6) is 0 Å². The summed E-state index contributed by atoms with van der Waals surface area (Å²) in [5.74, 6) is 1.84. The van der Waals surface area contributed by atoms with Crippen molar-refractivity contribution in [3.63, 3.8) is 0 Å². The third kappa shape index (κ3) is 2.45. The number of hydrogen-bond donors (Lipinski definition) is 2. The van der Waals surface area contributed by atoms with Gasteiger partial charge >= 0.3 is 0 Å². The Balaban J connectivity index is 2.73. The van der Waals surface area contributed by atoms with E-state index in [0.29, 0.717) is 0 Å². The monoisotopic (exact) mass is 177 g/mol. The normalized spacial score (nSPS) is 8.85. The molecule has 0 saturated heterocycles. The fraction of sp³-hybridized carbons (Fsp3) is 0.125. The summed E-state index contributed by atoms with van der Waals surface area (Å²) in [4.78, 5) is 27.6. The zero-order valence-corrected chi connectivity index (χ0v) is 6.70. The molecule has 0 aromatic carbocycles. The van der Waals surface area contributed by atoms with Crippen molar-refractivity contribution in [1.29, 1.82) is 0 Å². The number of nitrogens with zero attached hydrogens (tertiary/aromatic N) is 1. The molecule has 5 nitrogen and oxygen atoms in total. The molecule has 0 fully saturated rings. The van der Waals surface area contributed by atoms with E-state index >= 15 is 0 Å². The van der Waals surface area contributed by atoms with Gasteiger partial charge in [-0.1, -0.05) is 5.92 Å². The molecule has 0 bridgehead atoms. The molecular weight excluding hydrogens is 170 g/mol. The molecule has 0 unspecified atom stereocenters. The molecule has 2 N–H and O–H groups in total. The van der Waals surface area contributed by atoms with E-state index in [0.717, 1.165) is 6.20 Å². The number of carbonyl (C=O) groups is 1. The van der Waals surface area contributed by atoms with Crippen LogP contribution in [0, 0.1) is 12.3 Å². The average Bonchev–Trinajstić information content (AvgIpc) is 2.15. The highest BCUT2D eigenvalue weighted by molar-refractivity contribution is 5.91. The van der Waals surface area contributed by atoms with E-state index < -0.39 is 5.91 Å². The molecule has 1 aromatic heterocycles. The molecule has 1 rings (SSSR count). The van der Waals surface area contributed by atoms with Gasteiger partial charge in [-0.25, -0.2) is 4.98 Å². The summed E-state index contributed by atoms with van der Waals surface area (Å²) in [6.45, 7) is 0.139. The summed E-state index contributed by atoms with van der Waals surface area (Å²) >= 11 is 0. The Bertz CT molecular complexity index is 382. The number of carbonyl (C=O) groups excluding carboxylic acids is 1. The van der Waals surface area contributed by atoms with Crippen LogP contribution in [0.3, 0.4) is 0 Å². The van der Waals surface area contributed by atoms with E-state index in [1.54, 1.807) is 0 Å². The predicted molar refractivity (Wildman–Crippen MR) is 46.0 cm³/mol. The first kappa shape index (κ1) is 9.00. The summed E-state index contributed by atoms with van der Waals surface area (Å²) in [5, 5.41) is 2.41. The molecule has 0 atom stereocenters. The Hall–Kier alpha value is -2.09. The number of hydrogen-bond acceptors (Lipinski definition) is 3. The summed E-state index contributed by atoms with van der Waals surface area (Å²) < 4.78 is 0. The highest BCUT2D eigenvalue weighted by atomic mass is 16.2. The minimum absolute atomic E-state index is 0.134. The van der Waals surface area contributed by atoms with Crippen molar-refractivity contribution in [1.82, 2.24) is 15.3 Å². The van der Waals surface area contributed by atoms with E-state index in [1.807, 2.05) is 0 Å². The van der Waals surface area contributed by atoms with Crippen molar-refractivity contribution >= 4 is 5.91 Å². The Kier molecular flexibility index (Phi) is 2.82. The topological polar surface area (TPSA) is 74.8 Å². The van der Waals surface area contributed by atoms with E-state index in [2.05, 4.69) is 21.2 Å². The van der Waals surface area contributed by atoms with Crippen LogP contribution in [0.2, 0.25) is 0 Å². The number of rotatable bonds is 2. The van der Waals surface area contributed by atoms with E-state index in [-0.39, 0.29) is 17.8 Å². The molecule has 1 heterocycles. The van der Waals surface area contributed by atoms with Crippen LogP contribution < -0.4 is 10.9 Å². The van der Waals surface area contributed by atoms with Crippen LogP contribution in [0.25, 0.3) is 0 Å². The van der Waals surface area contributed by atoms with Gasteiger partial charge in [-0.3, -0.25) is 9.59 Å². The molecule has 0 aliphatic carbocycles. The molecule has 66 valence electrons. The zero-order valence-electron chi connectivity index (χ0n) is 6.70. The predicted octanol–water partition coefficient (Wildman–Crippen LogP) is -0.867. The summed E-state index contributed by atoms with van der Waals surface area (Å²) in [5.41, 5.74) is -0.219. The largest absolute Gasteiger partial charge is 0.340 e. The maximum Gasteiger partial charge on any atom is 0.272 e. The number of H-pyrrole nitrogens is 1. The molecular formula is C8H7N3O2. The van der Waals surface area contributed by atoms with Gasteiger partial charge in [0.2, 0.25) is 0 Å². The quantitative estimate of drug-likeness (QED) is 0.577. The van der Waals surface area contributed by atoms with Crippen molar-refractivity contribution in [2.45, 2.75) is 0 Å². The maximum absolute atomic E-state index is 11.1. The summed E-state index contributed by atoms with van der Waals surface area (Å²) in [7, 11) is 0. The van der Waals surface area contributed by atoms with Crippen molar-refractivity contribution < 1.29 is 4.79 Å². The van der Waals surface area contributed by atoms with Gasteiger partial charge in [0.15, 0.2) is 0 Å². The first-order valence-electron chi connectivity index (χ1n) is 3.50. The van der Waals surface area contributed by atoms with Crippen LogP contribution >= 0.6 is 0 Å². The molecule has 5 heteroatoms. The molecule has 13 heavy (non-hydrogen) atoms. The number of aromatic nitrogens is 2. The highest BCUT2D eigenvalue weighted by Gasteiger charge is 2.04. The minimum atomic E-state index is -0.408. The van der Waals surface area contributed by atoms with Gasteiger partial charge in [-0.2, -0.15) is 0 Å². The van der Waals surface area contributed by atoms with Crippen LogP contribution in [-0.2, 0) is 0 Å². The van der Waals surface area contributed by atoms with Gasteiger partial charge in [0.05, 0.1) is 12.7 Å². The van der Waals surface area contributed by atoms with Crippen LogP contribution in [0.15, 0.2) is 17.2 Å².